The van der Waals surface area contributed by atoms with Gasteiger partial charge in [0.1, 0.15) is 5.82 Å². The van der Waals surface area contributed by atoms with Gasteiger partial charge in [0, 0.05) is 38.1 Å². The van der Waals surface area contributed by atoms with Gasteiger partial charge in [-0.05, 0) is 36.4 Å². The van der Waals surface area contributed by atoms with E-state index in [9.17, 15) is 18.0 Å². The number of carbonyl (C=O) groups is 1. The first-order chi connectivity index (χ1) is 12.8. The van der Waals surface area contributed by atoms with E-state index in [0.29, 0.717) is 23.8 Å². The number of alkyl halides is 3. The highest BCUT2D eigenvalue weighted by Crippen LogP contribution is 2.29. The average Bonchev–Trinajstić information content (AvgIpc) is 2.63. The first-order valence-electron chi connectivity index (χ1n) is 8.37. The molecule has 2 heterocycles. The highest BCUT2D eigenvalue weighted by atomic mass is 35.5. The van der Waals surface area contributed by atoms with E-state index in [1.165, 1.54) is 12.1 Å². The van der Waals surface area contributed by atoms with Gasteiger partial charge in [0.15, 0.2) is 0 Å². The smallest absolute Gasteiger partial charge is 0.354 e. The first kappa shape index (κ1) is 19.4. The number of hydrogen-bond donors (Lipinski definition) is 1. The molecule has 27 heavy (non-hydrogen) atoms. The molecule has 0 spiro atoms. The lowest BCUT2D eigenvalue weighted by Gasteiger charge is -2.35. The Morgan fingerprint density at radius 1 is 1.07 bits per heavy atom. The number of nitrogens with one attached hydrogen (secondary N) is 1. The van der Waals surface area contributed by atoms with Crippen molar-refractivity contribution in [3.63, 3.8) is 0 Å². The topological polar surface area (TPSA) is 48.5 Å². The molecule has 1 amide bonds. The van der Waals surface area contributed by atoms with E-state index in [-0.39, 0.29) is 12.5 Å². The summed E-state index contributed by atoms with van der Waals surface area (Å²) in [6.45, 7) is 3.00. The van der Waals surface area contributed by atoms with Crippen LogP contribution >= 0.6 is 11.6 Å². The summed E-state index contributed by atoms with van der Waals surface area (Å²) in [5, 5.41) is 3.21. The van der Waals surface area contributed by atoms with Gasteiger partial charge >= 0.3 is 6.18 Å². The molecule has 5 nitrogen and oxygen atoms in total. The van der Waals surface area contributed by atoms with Crippen LogP contribution in [0.3, 0.4) is 0 Å². The van der Waals surface area contributed by atoms with Crippen molar-refractivity contribution in [2.24, 2.45) is 0 Å². The molecule has 0 saturated carbocycles. The SMILES string of the molecule is O=C(CN1CCN(c2ccc(Cl)cn2)CC1)Nc1ccc(C(F)(F)F)cc1. The fraction of sp³-hybridized carbons (Fsp3) is 0.333. The van der Waals surface area contributed by atoms with E-state index >= 15 is 0 Å². The second kappa shape index (κ2) is 8.14. The highest BCUT2D eigenvalue weighted by Gasteiger charge is 2.30. The molecule has 0 bridgehead atoms. The number of anilines is 2. The molecule has 1 saturated heterocycles. The zero-order chi connectivity index (χ0) is 19.4. The molecular formula is C18H18ClF3N4O. The first-order valence-corrected chi connectivity index (χ1v) is 8.75. The number of halogens is 4. The molecule has 0 aliphatic carbocycles. The van der Waals surface area contributed by atoms with Gasteiger partial charge in [-0.2, -0.15) is 13.2 Å². The maximum Gasteiger partial charge on any atom is 0.416 e. The highest BCUT2D eigenvalue weighted by molar-refractivity contribution is 6.30. The Kier molecular flexibility index (Phi) is 5.86. The van der Waals surface area contributed by atoms with E-state index in [4.69, 9.17) is 11.6 Å². The van der Waals surface area contributed by atoms with Gasteiger partial charge < -0.3 is 10.2 Å². The minimum Gasteiger partial charge on any atom is -0.354 e. The normalized spacial score (nSPS) is 15.6. The third-order valence-corrected chi connectivity index (χ3v) is 4.49. The van der Waals surface area contributed by atoms with Crippen molar-refractivity contribution in [3.8, 4) is 0 Å². The van der Waals surface area contributed by atoms with Crippen LogP contribution in [-0.4, -0.2) is 48.5 Å². The summed E-state index contributed by atoms with van der Waals surface area (Å²) in [5.41, 5.74) is -0.399. The van der Waals surface area contributed by atoms with Gasteiger partial charge in [-0.1, -0.05) is 11.6 Å². The van der Waals surface area contributed by atoms with Crippen molar-refractivity contribution in [2.75, 3.05) is 42.9 Å². The molecular weight excluding hydrogens is 381 g/mol. The number of carbonyl (C=O) groups excluding carboxylic acids is 1. The zero-order valence-corrected chi connectivity index (χ0v) is 15.1. The van der Waals surface area contributed by atoms with Gasteiger partial charge in [-0.25, -0.2) is 4.98 Å². The van der Waals surface area contributed by atoms with Gasteiger partial charge in [-0.3, -0.25) is 9.69 Å². The Bertz CT molecular complexity index is 773. The summed E-state index contributed by atoms with van der Waals surface area (Å²) in [6, 6.07) is 8.06. The molecule has 2 aromatic rings. The van der Waals surface area contributed by atoms with Crippen LogP contribution in [0.25, 0.3) is 0 Å². The van der Waals surface area contributed by atoms with Crippen LogP contribution in [0.5, 0.6) is 0 Å². The Hall–Kier alpha value is -2.32. The minimum atomic E-state index is -4.39. The van der Waals surface area contributed by atoms with Crippen LogP contribution < -0.4 is 10.2 Å². The molecule has 0 unspecified atom stereocenters. The summed E-state index contributed by atoms with van der Waals surface area (Å²) in [7, 11) is 0. The Balaban J connectivity index is 1.47. The number of benzene rings is 1. The van der Waals surface area contributed by atoms with E-state index in [0.717, 1.165) is 31.0 Å². The lowest BCUT2D eigenvalue weighted by Crippen LogP contribution is -2.48. The van der Waals surface area contributed by atoms with E-state index in [2.05, 4.69) is 15.2 Å². The molecule has 1 aliphatic rings. The molecule has 1 N–H and O–H groups in total. The van der Waals surface area contributed by atoms with Gasteiger partial charge in [0.2, 0.25) is 5.91 Å². The van der Waals surface area contributed by atoms with Crippen LogP contribution in [-0.2, 0) is 11.0 Å². The largest absolute Gasteiger partial charge is 0.416 e. The van der Waals surface area contributed by atoms with Crippen molar-refractivity contribution in [2.45, 2.75) is 6.18 Å². The molecule has 0 atom stereocenters. The maximum absolute atomic E-state index is 12.6. The van der Waals surface area contributed by atoms with E-state index < -0.39 is 11.7 Å². The number of piperazine rings is 1. The van der Waals surface area contributed by atoms with Crippen LogP contribution in [0.1, 0.15) is 5.56 Å². The van der Waals surface area contributed by atoms with Gasteiger partial charge in [0.25, 0.3) is 0 Å². The molecule has 1 aromatic carbocycles. The zero-order valence-electron chi connectivity index (χ0n) is 14.3. The molecule has 0 radical (unpaired) electrons. The number of rotatable bonds is 4. The fourth-order valence-corrected chi connectivity index (χ4v) is 2.95. The predicted octanol–water partition coefficient (Wildman–Crippen LogP) is 3.51. The third kappa shape index (κ3) is 5.33. The van der Waals surface area contributed by atoms with Crippen LogP contribution in [0.2, 0.25) is 5.02 Å². The quantitative estimate of drug-likeness (QED) is 0.856. The number of nitrogens with zero attached hydrogens (tertiary/aromatic N) is 3. The number of amides is 1. The summed E-state index contributed by atoms with van der Waals surface area (Å²) in [4.78, 5) is 20.5. The maximum atomic E-state index is 12.6. The molecule has 1 aliphatic heterocycles. The monoisotopic (exact) mass is 398 g/mol. The van der Waals surface area contributed by atoms with E-state index in [1.807, 2.05) is 11.0 Å². The lowest BCUT2D eigenvalue weighted by atomic mass is 10.2. The van der Waals surface area contributed by atoms with Gasteiger partial charge in [0.05, 0.1) is 17.1 Å². The standard InChI is InChI=1S/C18H18ClF3N4O/c19-14-3-6-16(23-11-14)26-9-7-25(8-10-26)12-17(27)24-15-4-1-13(2-5-15)18(20,21)22/h1-6,11H,7-10,12H2,(H,24,27). The molecule has 3 rings (SSSR count). The van der Waals surface area contributed by atoms with Crippen molar-refractivity contribution in [1.82, 2.24) is 9.88 Å². The summed E-state index contributed by atoms with van der Waals surface area (Å²) in [6.07, 6.45) is -2.79. The third-order valence-electron chi connectivity index (χ3n) is 4.27. The Morgan fingerprint density at radius 2 is 1.74 bits per heavy atom. The molecule has 9 heteroatoms. The van der Waals surface area contributed by atoms with Crippen molar-refractivity contribution < 1.29 is 18.0 Å². The molecule has 1 fully saturated rings. The van der Waals surface area contributed by atoms with Crippen molar-refractivity contribution in [1.29, 1.82) is 0 Å². The number of aromatic nitrogens is 1. The fourth-order valence-electron chi connectivity index (χ4n) is 2.84. The van der Waals surface area contributed by atoms with Crippen molar-refractivity contribution in [3.05, 3.63) is 53.2 Å². The molecule has 1 aromatic heterocycles. The number of hydrogen-bond acceptors (Lipinski definition) is 4. The van der Waals surface area contributed by atoms with E-state index in [1.54, 1.807) is 12.3 Å². The Morgan fingerprint density at radius 3 is 2.30 bits per heavy atom. The molecule has 144 valence electrons. The number of pyridine rings is 1. The van der Waals surface area contributed by atoms with Crippen LogP contribution in [0.4, 0.5) is 24.7 Å². The van der Waals surface area contributed by atoms with Crippen LogP contribution in [0.15, 0.2) is 42.6 Å². The summed E-state index contributed by atoms with van der Waals surface area (Å²) in [5.74, 6) is 0.584. The lowest BCUT2D eigenvalue weighted by molar-refractivity contribution is -0.137. The van der Waals surface area contributed by atoms with Gasteiger partial charge in [-0.15, -0.1) is 0 Å². The summed E-state index contributed by atoms with van der Waals surface area (Å²) >= 11 is 5.84. The van der Waals surface area contributed by atoms with Crippen molar-refractivity contribution >= 4 is 29.0 Å². The predicted molar refractivity (Wildman–Crippen MR) is 98.0 cm³/mol. The minimum absolute atomic E-state index is 0.183. The summed E-state index contributed by atoms with van der Waals surface area (Å²) < 4.78 is 37.7. The second-order valence-electron chi connectivity index (χ2n) is 6.22. The Labute approximate surface area is 159 Å². The average molecular weight is 399 g/mol. The second-order valence-corrected chi connectivity index (χ2v) is 6.66. The van der Waals surface area contributed by atoms with Crippen LogP contribution in [0, 0.1) is 0 Å².